The molecule has 1 amide bonds. The molecule has 102 valence electrons. The number of hydrogen-bond donors (Lipinski definition) is 1. The van der Waals surface area contributed by atoms with Crippen molar-refractivity contribution in [2.75, 3.05) is 7.05 Å². The summed E-state index contributed by atoms with van der Waals surface area (Å²) in [6.45, 7) is 5.85. The van der Waals surface area contributed by atoms with Crippen LogP contribution >= 0.6 is 10.7 Å². The third-order valence-corrected chi connectivity index (χ3v) is 4.58. The fraction of sp³-hybridized carbons (Fsp3) is 0.545. The number of nitrogens with zero attached hydrogens (tertiary/aromatic N) is 1. The van der Waals surface area contributed by atoms with Gasteiger partial charge in [-0.2, -0.15) is 0 Å². The van der Waals surface area contributed by atoms with Crippen molar-refractivity contribution in [2.45, 2.75) is 37.6 Å². The Morgan fingerprint density at radius 1 is 1.50 bits per heavy atom. The van der Waals surface area contributed by atoms with Crippen LogP contribution in [0.5, 0.6) is 0 Å². The van der Waals surface area contributed by atoms with E-state index in [1.54, 1.807) is 11.9 Å². The summed E-state index contributed by atoms with van der Waals surface area (Å²) in [5.41, 5.74) is -0.0967. The number of amides is 1. The summed E-state index contributed by atoms with van der Waals surface area (Å²) in [6, 6.07) is 1.24. The maximum atomic E-state index is 12.1. The van der Waals surface area contributed by atoms with Gasteiger partial charge in [0.25, 0.3) is 15.0 Å². The Bertz CT molecular complexity index is 548. The Morgan fingerprint density at radius 3 is 2.44 bits per heavy atom. The maximum Gasteiger partial charge on any atom is 0.270 e. The average molecular weight is 293 g/mol. The van der Waals surface area contributed by atoms with E-state index in [0.29, 0.717) is 0 Å². The van der Waals surface area contributed by atoms with Gasteiger partial charge in [0.05, 0.1) is 0 Å². The van der Waals surface area contributed by atoms with Crippen LogP contribution in [0.2, 0.25) is 0 Å². The van der Waals surface area contributed by atoms with Gasteiger partial charge in [-0.3, -0.25) is 4.79 Å². The highest BCUT2D eigenvalue weighted by Crippen LogP contribution is 2.21. The van der Waals surface area contributed by atoms with Gasteiger partial charge < -0.3 is 9.88 Å². The molecule has 1 rings (SSSR count). The molecule has 5 nitrogen and oxygen atoms in total. The van der Waals surface area contributed by atoms with Crippen LogP contribution in [0, 0.1) is 0 Å². The first-order valence-corrected chi connectivity index (χ1v) is 7.82. The molecule has 0 unspecified atom stereocenters. The van der Waals surface area contributed by atoms with Crippen LogP contribution < -0.4 is 0 Å². The molecule has 0 saturated heterocycles. The molecule has 0 fully saturated rings. The zero-order valence-corrected chi connectivity index (χ0v) is 12.4. The van der Waals surface area contributed by atoms with Crippen molar-refractivity contribution in [1.29, 1.82) is 0 Å². The standard InChI is InChI=1S/C11H17ClN2O3S/c1-5-11(2,3)14(4)10(15)9-6-8(7-13-9)18(12,16)17/h6-7,13H,5H2,1-4H3. The second-order valence-electron chi connectivity index (χ2n) is 4.72. The fourth-order valence-corrected chi connectivity index (χ4v) is 2.06. The predicted octanol–water partition coefficient (Wildman–Crippen LogP) is 2.20. The van der Waals surface area contributed by atoms with Crippen molar-refractivity contribution in [3.63, 3.8) is 0 Å². The van der Waals surface area contributed by atoms with Crippen molar-refractivity contribution in [3.05, 3.63) is 18.0 Å². The SMILES string of the molecule is CCC(C)(C)N(C)C(=O)c1cc(S(=O)(=O)Cl)c[nH]1. The molecule has 7 heteroatoms. The highest BCUT2D eigenvalue weighted by Gasteiger charge is 2.28. The quantitative estimate of drug-likeness (QED) is 0.865. The Labute approximate surface area is 112 Å². The van der Waals surface area contributed by atoms with Crippen molar-refractivity contribution < 1.29 is 13.2 Å². The van der Waals surface area contributed by atoms with Gasteiger partial charge in [0, 0.05) is 29.5 Å². The monoisotopic (exact) mass is 292 g/mol. The molecule has 0 atom stereocenters. The van der Waals surface area contributed by atoms with Gasteiger partial charge in [-0.05, 0) is 26.3 Å². The molecule has 1 N–H and O–H groups in total. The van der Waals surface area contributed by atoms with Gasteiger partial charge in [0.15, 0.2) is 0 Å². The largest absolute Gasteiger partial charge is 0.356 e. The fourth-order valence-electron chi connectivity index (χ4n) is 1.33. The lowest BCUT2D eigenvalue weighted by atomic mass is 10.00. The van der Waals surface area contributed by atoms with E-state index in [9.17, 15) is 13.2 Å². The number of aromatic nitrogens is 1. The van der Waals surface area contributed by atoms with Gasteiger partial charge in [0.2, 0.25) is 0 Å². The number of carbonyl (C=O) groups is 1. The van der Waals surface area contributed by atoms with E-state index in [-0.39, 0.29) is 22.0 Å². The molecule has 1 heterocycles. The minimum absolute atomic E-state index is 0.102. The summed E-state index contributed by atoms with van der Waals surface area (Å²) in [6.07, 6.45) is 2.00. The van der Waals surface area contributed by atoms with Crippen LogP contribution in [-0.4, -0.2) is 36.8 Å². The number of halogens is 1. The van der Waals surface area contributed by atoms with E-state index in [0.717, 1.165) is 6.42 Å². The van der Waals surface area contributed by atoms with Crippen molar-refractivity contribution in [1.82, 2.24) is 9.88 Å². The van der Waals surface area contributed by atoms with E-state index in [4.69, 9.17) is 10.7 Å². The molecule has 0 aliphatic carbocycles. The first-order chi connectivity index (χ1) is 8.09. The molecular formula is C11H17ClN2O3S. The van der Waals surface area contributed by atoms with E-state index in [1.807, 2.05) is 20.8 Å². The Hall–Kier alpha value is -1.01. The second-order valence-corrected chi connectivity index (χ2v) is 7.28. The zero-order valence-electron chi connectivity index (χ0n) is 10.8. The third-order valence-electron chi connectivity index (χ3n) is 3.25. The topological polar surface area (TPSA) is 70.2 Å². The second kappa shape index (κ2) is 4.93. The van der Waals surface area contributed by atoms with E-state index >= 15 is 0 Å². The van der Waals surface area contributed by atoms with Crippen LogP contribution in [0.15, 0.2) is 17.2 Å². The molecule has 18 heavy (non-hydrogen) atoms. The number of aromatic amines is 1. The lowest BCUT2D eigenvalue weighted by Crippen LogP contribution is -2.44. The number of H-pyrrole nitrogens is 1. The number of hydrogen-bond acceptors (Lipinski definition) is 3. The van der Waals surface area contributed by atoms with Gasteiger partial charge in [-0.25, -0.2) is 8.42 Å². The summed E-state index contributed by atoms with van der Waals surface area (Å²) in [4.78, 5) is 16.3. The average Bonchev–Trinajstić information content (AvgIpc) is 2.75. The van der Waals surface area contributed by atoms with Gasteiger partial charge >= 0.3 is 0 Å². The summed E-state index contributed by atoms with van der Waals surface area (Å²) in [7, 11) is 3.07. The van der Waals surface area contributed by atoms with E-state index in [1.165, 1.54) is 12.3 Å². The minimum Gasteiger partial charge on any atom is -0.356 e. The van der Waals surface area contributed by atoms with Gasteiger partial charge in [-0.15, -0.1) is 0 Å². The third kappa shape index (κ3) is 3.05. The van der Waals surface area contributed by atoms with Gasteiger partial charge in [-0.1, -0.05) is 6.92 Å². The number of rotatable bonds is 4. The molecule has 0 bridgehead atoms. The molecule has 0 aromatic carbocycles. The molecule has 0 radical (unpaired) electrons. The highest BCUT2D eigenvalue weighted by atomic mass is 35.7. The minimum atomic E-state index is -3.81. The Balaban J connectivity index is 3.03. The van der Waals surface area contributed by atoms with Crippen molar-refractivity contribution >= 4 is 25.6 Å². The number of carbonyl (C=O) groups excluding carboxylic acids is 1. The normalized spacial score (nSPS) is 12.5. The molecular weight excluding hydrogens is 276 g/mol. The summed E-state index contributed by atoms with van der Waals surface area (Å²) in [5, 5.41) is 0. The van der Waals surface area contributed by atoms with Crippen LogP contribution in [0.25, 0.3) is 0 Å². The molecule has 0 aliphatic rings. The lowest BCUT2D eigenvalue weighted by molar-refractivity contribution is 0.0615. The maximum absolute atomic E-state index is 12.1. The van der Waals surface area contributed by atoms with Gasteiger partial charge in [0.1, 0.15) is 10.6 Å². The van der Waals surface area contributed by atoms with Crippen LogP contribution in [-0.2, 0) is 9.05 Å². The molecule has 1 aromatic rings. The smallest absolute Gasteiger partial charge is 0.270 e. The summed E-state index contributed by atoms with van der Waals surface area (Å²) in [5.74, 6) is -0.270. The predicted molar refractivity (Wildman–Crippen MR) is 70.3 cm³/mol. The summed E-state index contributed by atoms with van der Waals surface area (Å²) >= 11 is 0. The van der Waals surface area contributed by atoms with Crippen molar-refractivity contribution in [2.24, 2.45) is 0 Å². The van der Waals surface area contributed by atoms with Crippen molar-refractivity contribution in [3.8, 4) is 0 Å². The molecule has 0 spiro atoms. The van der Waals surface area contributed by atoms with E-state index in [2.05, 4.69) is 4.98 Å². The number of nitrogens with one attached hydrogen (secondary N) is 1. The molecule has 1 aromatic heterocycles. The molecule has 0 saturated carbocycles. The van der Waals surface area contributed by atoms with Crippen LogP contribution in [0.4, 0.5) is 0 Å². The highest BCUT2D eigenvalue weighted by molar-refractivity contribution is 8.13. The zero-order chi connectivity index (χ0) is 14.1. The van der Waals surface area contributed by atoms with Crippen LogP contribution in [0.3, 0.4) is 0 Å². The van der Waals surface area contributed by atoms with E-state index < -0.39 is 9.05 Å². The van der Waals surface area contributed by atoms with Crippen LogP contribution in [0.1, 0.15) is 37.7 Å². The Morgan fingerprint density at radius 2 is 2.06 bits per heavy atom. The lowest BCUT2D eigenvalue weighted by Gasteiger charge is -2.34. The summed E-state index contributed by atoms with van der Waals surface area (Å²) < 4.78 is 22.2. The Kier molecular flexibility index (Phi) is 4.12. The first kappa shape index (κ1) is 15.0. The molecule has 0 aliphatic heterocycles. The first-order valence-electron chi connectivity index (χ1n) is 5.51.